The first-order chi connectivity index (χ1) is 15.4. The number of hydrogen-bond donors (Lipinski definition) is 2. The Hall–Kier alpha value is -3.95. The molecule has 0 spiro atoms. The summed E-state index contributed by atoms with van der Waals surface area (Å²) in [4.78, 5) is 39.2. The zero-order valence-electron chi connectivity index (χ0n) is 17.3. The van der Waals surface area contributed by atoms with Crippen LogP contribution in [-0.4, -0.2) is 49.3 Å². The van der Waals surface area contributed by atoms with Gasteiger partial charge < -0.3 is 29.6 Å². The van der Waals surface area contributed by atoms with Gasteiger partial charge in [0.1, 0.15) is 12.1 Å². The second-order valence-electron chi connectivity index (χ2n) is 7.77. The summed E-state index contributed by atoms with van der Waals surface area (Å²) in [5, 5.41) is 5.38. The van der Waals surface area contributed by atoms with Crippen molar-refractivity contribution >= 4 is 23.5 Å². The molecular weight excluding hydrogens is 418 g/mol. The van der Waals surface area contributed by atoms with Crippen molar-refractivity contribution in [2.45, 2.75) is 18.9 Å². The van der Waals surface area contributed by atoms with Crippen LogP contribution in [0.15, 0.2) is 36.4 Å². The van der Waals surface area contributed by atoms with Gasteiger partial charge in [-0.2, -0.15) is 0 Å². The van der Waals surface area contributed by atoms with Crippen molar-refractivity contribution in [3.05, 3.63) is 42.0 Å². The minimum absolute atomic E-state index is 0.0992. The lowest BCUT2D eigenvalue weighted by molar-refractivity contribution is -0.133. The van der Waals surface area contributed by atoms with Crippen LogP contribution in [0.5, 0.6) is 23.0 Å². The molecule has 3 aliphatic rings. The Labute approximate surface area is 183 Å². The number of imide groups is 1. The van der Waals surface area contributed by atoms with E-state index in [1.165, 1.54) is 0 Å². The number of ether oxygens (including phenoxy) is 4. The van der Waals surface area contributed by atoms with Gasteiger partial charge in [0.05, 0.1) is 13.2 Å². The first-order valence-corrected chi connectivity index (χ1v) is 10.2. The van der Waals surface area contributed by atoms with E-state index in [2.05, 4.69) is 10.6 Å². The topological polar surface area (TPSA) is 115 Å². The summed E-state index contributed by atoms with van der Waals surface area (Å²) in [5.74, 6) is 1.16. The summed E-state index contributed by atoms with van der Waals surface area (Å²) in [7, 11) is 0. The number of amides is 4. The average molecular weight is 439 g/mol. The van der Waals surface area contributed by atoms with Crippen molar-refractivity contribution in [1.29, 1.82) is 0 Å². The standard InChI is InChI=1S/C22H21N3O7/c1-22(13-3-5-16-17(9-13)32-12-31-16)20(27)25(21(28)24-22)11-19(26)23-14-4-6-15-18(10-14)30-8-2-7-29-15/h3-6,9-10H,2,7-8,11-12H2,1H3,(H,23,26)(H,24,28). The maximum Gasteiger partial charge on any atom is 0.325 e. The van der Waals surface area contributed by atoms with Crippen molar-refractivity contribution in [2.24, 2.45) is 0 Å². The van der Waals surface area contributed by atoms with E-state index in [4.69, 9.17) is 18.9 Å². The predicted octanol–water partition coefficient (Wildman–Crippen LogP) is 1.98. The number of nitrogens with zero attached hydrogens (tertiary/aromatic N) is 1. The average Bonchev–Trinajstić information content (AvgIpc) is 3.23. The number of carbonyl (C=O) groups excluding carboxylic acids is 3. The molecule has 1 saturated heterocycles. The molecule has 0 aromatic heterocycles. The summed E-state index contributed by atoms with van der Waals surface area (Å²) >= 11 is 0. The zero-order chi connectivity index (χ0) is 22.3. The number of benzene rings is 2. The van der Waals surface area contributed by atoms with E-state index in [0.717, 1.165) is 11.3 Å². The molecule has 166 valence electrons. The molecule has 1 unspecified atom stereocenters. The third-order valence-electron chi connectivity index (χ3n) is 5.56. The molecule has 32 heavy (non-hydrogen) atoms. The van der Waals surface area contributed by atoms with Crippen LogP contribution in [0.1, 0.15) is 18.9 Å². The van der Waals surface area contributed by atoms with Gasteiger partial charge in [-0.3, -0.25) is 14.5 Å². The van der Waals surface area contributed by atoms with Gasteiger partial charge in [-0.25, -0.2) is 4.79 Å². The molecule has 4 amide bonds. The maximum atomic E-state index is 13.1. The highest BCUT2D eigenvalue weighted by Gasteiger charge is 2.49. The first kappa shape index (κ1) is 20.0. The predicted molar refractivity (Wildman–Crippen MR) is 111 cm³/mol. The Morgan fingerprint density at radius 3 is 2.53 bits per heavy atom. The van der Waals surface area contributed by atoms with Crippen LogP contribution in [0.25, 0.3) is 0 Å². The van der Waals surface area contributed by atoms with Crippen molar-refractivity contribution in [3.63, 3.8) is 0 Å². The maximum absolute atomic E-state index is 13.1. The number of rotatable bonds is 4. The molecule has 0 radical (unpaired) electrons. The van der Waals surface area contributed by atoms with E-state index >= 15 is 0 Å². The number of fused-ring (bicyclic) bond motifs is 2. The lowest BCUT2D eigenvalue weighted by atomic mass is 9.91. The van der Waals surface area contributed by atoms with Gasteiger partial charge >= 0.3 is 6.03 Å². The molecule has 3 aliphatic heterocycles. The monoisotopic (exact) mass is 439 g/mol. The normalized spacial score (nSPS) is 21.2. The van der Waals surface area contributed by atoms with E-state index in [0.29, 0.717) is 47.5 Å². The van der Waals surface area contributed by atoms with Crippen LogP contribution in [0.3, 0.4) is 0 Å². The Morgan fingerprint density at radius 1 is 1.00 bits per heavy atom. The number of anilines is 1. The molecule has 5 rings (SSSR count). The van der Waals surface area contributed by atoms with E-state index < -0.39 is 29.9 Å². The summed E-state index contributed by atoms with van der Waals surface area (Å²) in [6, 6.07) is 9.41. The van der Waals surface area contributed by atoms with Gasteiger partial charge in [-0.05, 0) is 36.8 Å². The SMILES string of the molecule is CC1(c2ccc3c(c2)OCO3)NC(=O)N(CC(=O)Nc2ccc3c(c2)OCCCO3)C1=O. The summed E-state index contributed by atoms with van der Waals surface area (Å²) < 4.78 is 21.9. The Morgan fingerprint density at radius 2 is 1.69 bits per heavy atom. The fraction of sp³-hybridized carbons (Fsp3) is 0.318. The van der Waals surface area contributed by atoms with Gasteiger partial charge in [0, 0.05) is 18.2 Å². The highest BCUT2D eigenvalue weighted by atomic mass is 16.7. The third kappa shape index (κ3) is 3.43. The molecular formula is C22H21N3O7. The minimum Gasteiger partial charge on any atom is -0.490 e. The van der Waals surface area contributed by atoms with E-state index in [1.807, 2.05) is 0 Å². The molecule has 2 aromatic rings. The Bertz CT molecular complexity index is 1120. The van der Waals surface area contributed by atoms with E-state index in [-0.39, 0.29) is 6.79 Å². The molecule has 0 bridgehead atoms. The van der Waals surface area contributed by atoms with Crippen LogP contribution in [0.2, 0.25) is 0 Å². The van der Waals surface area contributed by atoms with Crippen molar-refractivity contribution in [1.82, 2.24) is 10.2 Å². The fourth-order valence-corrected chi connectivity index (χ4v) is 3.83. The van der Waals surface area contributed by atoms with Crippen LogP contribution in [0, 0.1) is 0 Å². The third-order valence-corrected chi connectivity index (χ3v) is 5.56. The highest BCUT2D eigenvalue weighted by molar-refractivity contribution is 6.10. The van der Waals surface area contributed by atoms with Crippen molar-refractivity contribution in [2.75, 3.05) is 31.9 Å². The molecule has 1 fully saturated rings. The molecule has 10 heteroatoms. The van der Waals surface area contributed by atoms with Gasteiger partial charge in [-0.15, -0.1) is 0 Å². The van der Waals surface area contributed by atoms with Gasteiger partial charge in [-0.1, -0.05) is 6.07 Å². The molecule has 0 aliphatic carbocycles. The molecule has 0 saturated carbocycles. The number of nitrogens with one attached hydrogen (secondary N) is 2. The Balaban J connectivity index is 1.29. The van der Waals surface area contributed by atoms with Crippen LogP contribution in [-0.2, 0) is 15.1 Å². The quantitative estimate of drug-likeness (QED) is 0.700. The molecule has 2 N–H and O–H groups in total. The molecule has 3 heterocycles. The lowest BCUT2D eigenvalue weighted by Gasteiger charge is -2.22. The smallest absolute Gasteiger partial charge is 0.325 e. The second kappa shape index (κ2) is 7.63. The molecule has 1 atom stereocenters. The van der Waals surface area contributed by atoms with E-state index in [9.17, 15) is 14.4 Å². The minimum atomic E-state index is -1.33. The first-order valence-electron chi connectivity index (χ1n) is 10.2. The van der Waals surface area contributed by atoms with Crippen LogP contribution in [0.4, 0.5) is 10.5 Å². The second-order valence-corrected chi connectivity index (χ2v) is 7.77. The molecule has 10 nitrogen and oxygen atoms in total. The lowest BCUT2D eigenvalue weighted by Crippen LogP contribution is -2.42. The zero-order valence-corrected chi connectivity index (χ0v) is 17.3. The van der Waals surface area contributed by atoms with Crippen LogP contribution >= 0.6 is 0 Å². The van der Waals surface area contributed by atoms with Crippen LogP contribution < -0.4 is 29.6 Å². The summed E-state index contributed by atoms with van der Waals surface area (Å²) in [6.45, 7) is 2.34. The Kier molecular flexibility index (Phi) is 4.76. The summed E-state index contributed by atoms with van der Waals surface area (Å²) in [5.41, 5.74) is -0.316. The number of carbonyl (C=O) groups is 3. The fourth-order valence-electron chi connectivity index (χ4n) is 3.83. The number of urea groups is 1. The van der Waals surface area contributed by atoms with Gasteiger partial charge in [0.15, 0.2) is 23.0 Å². The van der Waals surface area contributed by atoms with Crippen molar-refractivity contribution in [3.8, 4) is 23.0 Å². The highest BCUT2D eigenvalue weighted by Crippen LogP contribution is 2.38. The van der Waals surface area contributed by atoms with Gasteiger partial charge in [0.25, 0.3) is 5.91 Å². The van der Waals surface area contributed by atoms with E-state index in [1.54, 1.807) is 43.3 Å². The van der Waals surface area contributed by atoms with Gasteiger partial charge in [0.2, 0.25) is 12.7 Å². The van der Waals surface area contributed by atoms with Crippen molar-refractivity contribution < 1.29 is 33.3 Å². The summed E-state index contributed by atoms with van der Waals surface area (Å²) in [6.07, 6.45) is 0.769. The number of hydrogen-bond acceptors (Lipinski definition) is 7. The largest absolute Gasteiger partial charge is 0.490 e. The molecule has 2 aromatic carbocycles.